The minimum absolute atomic E-state index is 0.190. The lowest BCUT2D eigenvalue weighted by Crippen LogP contribution is -2.49. The highest BCUT2D eigenvalue weighted by molar-refractivity contribution is 5.99. The van der Waals surface area contributed by atoms with Crippen molar-refractivity contribution in [3.8, 4) is 0 Å². The summed E-state index contributed by atoms with van der Waals surface area (Å²) in [6.45, 7) is 3.93. The smallest absolute Gasteiger partial charge is 0.348 e. The summed E-state index contributed by atoms with van der Waals surface area (Å²) in [6.07, 6.45) is -3.71. The van der Waals surface area contributed by atoms with Gasteiger partial charge in [-0.25, -0.2) is 0 Å². The lowest BCUT2D eigenvalue weighted by molar-refractivity contribution is -0.149. The third-order valence-electron chi connectivity index (χ3n) is 4.33. The van der Waals surface area contributed by atoms with Crippen molar-refractivity contribution in [1.82, 2.24) is 10.2 Å². The van der Waals surface area contributed by atoms with Crippen LogP contribution in [0.15, 0.2) is 36.9 Å². The zero-order valence-electron chi connectivity index (χ0n) is 15.2. The van der Waals surface area contributed by atoms with Crippen molar-refractivity contribution in [3.05, 3.63) is 42.5 Å². The van der Waals surface area contributed by atoms with Crippen LogP contribution in [0.25, 0.3) is 0 Å². The predicted octanol–water partition coefficient (Wildman–Crippen LogP) is 2.87. The summed E-state index contributed by atoms with van der Waals surface area (Å²) >= 11 is 0. The van der Waals surface area contributed by atoms with Gasteiger partial charge in [0.05, 0.1) is 6.42 Å². The summed E-state index contributed by atoms with van der Waals surface area (Å²) in [7, 11) is 0. The van der Waals surface area contributed by atoms with E-state index in [2.05, 4.69) is 17.2 Å². The van der Waals surface area contributed by atoms with Crippen LogP contribution >= 0.6 is 0 Å². The SMILES string of the molecule is C=CC(=O)Nc1ccc(C(=O)N[C@@H]2CCCN(C(=O)CCC(F)(F)F)C2)cc1. The van der Waals surface area contributed by atoms with Gasteiger partial charge in [0.25, 0.3) is 5.91 Å². The number of likely N-dealkylation sites (tertiary alicyclic amines) is 1. The monoisotopic (exact) mass is 397 g/mol. The number of hydrogen-bond donors (Lipinski definition) is 2. The Morgan fingerprint density at radius 1 is 1.21 bits per heavy atom. The Labute approximate surface area is 160 Å². The third-order valence-corrected chi connectivity index (χ3v) is 4.33. The van der Waals surface area contributed by atoms with Gasteiger partial charge in [-0.1, -0.05) is 6.58 Å². The van der Waals surface area contributed by atoms with Gasteiger partial charge in [0.1, 0.15) is 0 Å². The highest BCUT2D eigenvalue weighted by atomic mass is 19.4. The minimum Gasteiger partial charge on any atom is -0.348 e. The number of halogens is 3. The number of rotatable bonds is 6. The summed E-state index contributed by atoms with van der Waals surface area (Å²) in [5, 5.41) is 5.37. The molecule has 1 aliphatic rings. The third kappa shape index (κ3) is 6.71. The van der Waals surface area contributed by atoms with Gasteiger partial charge >= 0.3 is 6.18 Å². The fourth-order valence-corrected chi connectivity index (χ4v) is 2.90. The number of carbonyl (C=O) groups is 3. The van der Waals surface area contributed by atoms with Crippen LogP contribution in [0, 0.1) is 0 Å². The first-order valence-electron chi connectivity index (χ1n) is 8.87. The average molecular weight is 397 g/mol. The highest BCUT2D eigenvalue weighted by Gasteiger charge is 2.31. The van der Waals surface area contributed by atoms with Crippen molar-refractivity contribution < 1.29 is 27.6 Å². The number of alkyl halides is 3. The second-order valence-corrected chi connectivity index (χ2v) is 6.54. The first kappa shape index (κ1) is 21.5. The van der Waals surface area contributed by atoms with Crippen molar-refractivity contribution >= 4 is 23.4 Å². The molecule has 1 aromatic rings. The largest absolute Gasteiger partial charge is 0.389 e. The standard InChI is InChI=1S/C19H22F3N3O3/c1-2-16(26)23-14-7-5-13(6-8-14)18(28)24-15-4-3-11-25(12-15)17(27)9-10-19(20,21)22/h2,5-8,15H,1,3-4,9-12H2,(H,23,26)(H,24,28)/t15-/m1/s1. The molecule has 1 heterocycles. The number of carbonyl (C=O) groups excluding carboxylic acids is 3. The maximum absolute atomic E-state index is 12.4. The van der Waals surface area contributed by atoms with E-state index in [0.29, 0.717) is 30.6 Å². The molecule has 0 saturated carbocycles. The lowest BCUT2D eigenvalue weighted by atomic mass is 10.0. The highest BCUT2D eigenvalue weighted by Crippen LogP contribution is 2.22. The Morgan fingerprint density at radius 2 is 1.89 bits per heavy atom. The van der Waals surface area contributed by atoms with Crippen molar-refractivity contribution in [2.24, 2.45) is 0 Å². The fourth-order valence-electron chi connectivity index (χ4n) is 2.90. The van der Waals surface area contributed by atoms with Gasteiger partial charge in [-0.15, -0.1) is 0 Å². The molecule has 1 aromatic carbocycles. The first-order chi connectivity index (χ1) is 13.2. The Bertz CT molecular complexity index is 732. The summed E-state index contributed by atoms with van der Waals surface area (Å²) in [5.74, 6) is -1.27. The lowest BCUT2D eigenvalue weighted by Gasteiger charge is -2.33. The van der Waals surface area contributed by atoms with E-state index in [1.165, 1.54) is 4.90 Å². The number of nitrogens with zero attached hydrogens (tertiary/aromatic N) is 1. The average Bonchev–Trinajstić information content (AvgIpc) is 2.66. The fraction of sp³-hybridized carbons (Fsp3) is 0.421. The molecule has 1 fully saturated rings. The Morgan fingerprint density at radius 3 is 2.50 bits per heavy atom. The van der Waals surface area contributed by atoms with E-state index in [0.717, 1.165) is 6.08 Å². The van der Waals surface area contributed by atoms with Crippen LogP contribution in [0.1, 0.15) is 36.0 Å². The molecule has 152 valence electrons. The molecule has 0 aliphatic carbocycles. The Balaban J connectivity index is 1.88. The van der Waals surface area contributed by atoms with Crippen LogP contribution in [-0.2, 0) is 9.59 Å². The van der Waals surface area contributed by atoms with E-state index in [4.69, 9.17) is 0 Å². The van der Waals surface area contributed by atoms with Gasteiger partial charge in [0.2, 0.25) is 11.8 Å². The summed E-state index contributed by atoms with van der Waals surface area (Å²) in [5.41, 5.74) is 0.887. The minimum atomic E-state index is -4.36. The van der Waals surface area contributed by atoms with Crippen molar-refractivity contribution in [2.75, 3.05) is 18.4 Å². The Hall–Kier alpha value is -2.84. The van der Waals surface area contributed by atoms with Crippen LogP contribution in [0.3, 0.4) is 0 Å². The van der Waals surface area contributed by atoms with Crippen LogP contribution in [0.4, 0.5) is 18.9 Å². The molecule has 0 radical (unpaired) electrons. The molecule has 2 rings (SSSR count). The molecular formula is C19H22F3N3O3. The maximum atomic E-state index is 12.4. The van der Waals surface area contributed by atoms with E-state index < -0.39 is 24.9 Å². The maximum Gasteiger partial charge on any atom is 0.389 e. The van der Waals surface area contributed by atoms with Crippen molar-refractivity contribution in [1.29, 1.82) is 0 Å². The topological polar surface area (TPSA) is 78.5 Å². The van der Waals surface area contributed by atoms with Crippen LogP contribution in [0.2, 0.25) is 0 Å². The summed E-state index contributed by atoms with van der Waals surface area (Å²) in [4.78, 5) is 37.0. The van der Waals surface area contributed by atoms with Crippen LogP contribution < -0.4 is 10.6 Å². The molecule has 3 amide bonds. The molecule has 28 heavy (non-hydrogen) atoms. The summed E-state index contributed by atoms with van der Waals surface area (Å²) < 4.78 is 36.8. The Kier molecular flexibility index (Phi) is 7.19. The second-order valence-electron chi connectivity index (χ2n) is 6.54. The zero-order chi connectivity index (χ0) is 20.7. The molecule has 0 unspecified atom stereocenters. The first-order valence-corrected chi connectivity index (χ1v) is 8.87. The molecule has 6 nitrogen and oxygen atoms in total. The molecule has 1 atom stereocenters. The van der Waals surface area contributed by atoms with E-state index >= 15 is 0 Å². The van der Waals surface area contributed by atoms with Gasteiger partial charge in [-0.3, -0.25) is 14.4 Å². The normalized spacial score (nSPS) is 17.0. The quantitative estimate of drug-likeness (QED) is 0.725. The van der Waals surface area contributed by atoms with E-state index in [-0.39, 0.29) is 24.4 Å². The number of nitrogens with one attached hydrogen (secondary N) is 2. The molecular weight excluding hydrogens is 375 g/mol. The van der Waals surface area contributed by atoms with Gasteiger partial charge < -0.3 is 15.5 Å². The second kappa shape index (κ2) is 9.38. The number of hydrogen-bond acceptors (Lipinski definition) is 3. The molecule has 0 bridgehead atoms. The molecule has 2 N–H and O–H groups in total. The number of amides is 3. The molecule has 1 aliphatic heterocycles. The number of piperidine rings is 1. The number of benzene rings is 1. The van der Waals surface area contributed by atoms with Gasteiger partial charge in [0.15, 0.2) is 0 Å². The molecule has 0 spiro atoms. The predicted molar refractivity (Wildman–Crippen MR) is 97.6 cm³/mol. The van der Waals surface area contributed by atoms with E-state index in [1.807, 2.05) is 0 Å². The zero-order valence-corrected chi connectivity index (χ0v) is 15.2. The van der Waals surface area contributed by atoms with E-state index in [1.54, 1.807) is 24.3 Å². The molecule has 0 aromatic heterocycles. The van der Waals surface area contributed by atoms with Crippen LogP contribution in [0.5, 0.6) is 0 Å². The van der Waals surface area contributed by atoms with E-state index in [9.17, 15) is 27.6 Å². The van der Waals surface area contributed by atoms with Crippen molar-refractivity contribution in [2.45, 2.75) is 37.9 Å². The molecule has 9 heteroatoms. The van der Waals surface area contributed by atoms with Crippen molar-refractivity contribution in [3.63, 3.8) is 0 Å². The van der Waals surface area contributed by atoms with Gasteiger partial charge in [0, 0.05) is 36.8 Å². The van der Waals surface area contributed by atoms with Gasteiger partial charge in [-0.05, 0) is 43.2 Å². The molecule has 1 saturated heterocycles. The number of anilines is 1. The van der Waals surface area contributed by atoms with Gasteiger partial charge in [-0.2, -0.15) is 13.2 Å². The van der Waals surface area contributed by atoms with Crippen LogP contribution in [-0.4, -0.2) is 47.9 Å². The summed E-state index contributed by atoms with van der Waals surface area (Å²) in [6, 6.07) is 5.91.